The first-order valence-corrected chi connectivity index (χ1v) is 6.92. The van der Waals surface area contributed by atoms with E-state index in [0.29, 0.717) is 16.7 Å². The van der Waals surface area contributed by atoms with Gasteiger partial charge in [0, 0.05) is 6.08 Å². The van der Waals surface area contributed by atoms with Gasteiger partial charge in [0.15, 0.2) is 0 Å². The van der Waals surface area contributed by atoms with Crippen molar-refractivity contribution in [2.45, 2.75) is 6.18 Å². The van der Waals surface area contributed by atoms with Crippen LogP contribution in [-0.4, -0.2) is 11.0 Å². The number of amides is 1. The van der Waals surface area contributed by atoms with Gasteiger partial charge in [-0.15, -0.1) is 0 Å². The monoisotopic (exact) mass is 333 g/mol. The van der Waals surface area contributed by atoms with E-state index in [2.05, 4.69) is 0 Å². The highest BCUT2D eigenvalue weighted by Crippen LogP contribution is 2.31. The number of rotatable bonds is 4. The van der Waals surface area contributed by atoms with Gasteiger partial charge >= 0.3 is 6.18 Å². The Labute approximate surface area is 136 Å². The highest BCUT2D eigenvalue weighted by molar-refractivity contribution is 5.87. The molecule has 2 aromatic carbocycles. The molecular formula is C18H14F3NO2. The molecule has 0 saturated carbocycles. The number of alkyl halides is 3. The molecule has 0 aliphatic rings. The summed E-state index contributed by atoms with van der Waals surface area (Å²) < 4.78 is 38.0. The summed E-state index contributed by atoms with van der Waals surface area (Å²) in [5.74, 6) is -0.568. The number of allylic oxidation sites excluding steroid dienone is 2. The van der Waals surface area contributed by atoms with Crippen LogP contribution in [0.3, 0.4) is 0 Å². The van der Waals surface area contributed by atoms with Crippen LogP contribution in [0.4, 0.5) is 13.2 Å². The maximum Gasteiger partial charge on any atom is 0.416 e. The van der Waals surface area contributed by atoms with Crippen molar-refractivity contribution in [3.63, 3.8) is 0 Å². The molecule has 1 amide bonds. The lowest BCUT2D eigenvalue weighted by Gasteiger charge is -2.11. The third kappa shape index (κ3) is 4.49. The standard InChI is InChI=1S/C18H14F3NO2/c19-18(20,21)14-8-4-12(5-9-14)16(2-1-3-17(22)24)13-6-10-15(23)11-7-13/h1-11,23H,(H2,22,24). The van der Waals surface area contributed by atoms with Gasteiger partial charge in [0.2, 0.25) is 5.91 Å². The van der Waals surface area contributed by atoms with E-state index in [1.165, 1.54) is 30.3 Å². The second kappa shape index (κ2) is 7.04. The van der Waals surface area contributed by atoms with E-state index >= 15 is 0 Å². The zero-order chi connectivity index (χ0) is 17.7. The molecule has 2 rings (SSSR count). The molecule has 0 atom stereocenters. The lowest BCUT2D eigenvalue weighted by atomic mass is 9.96. The van der Waals surface area contributed by atoms with E-state index in [9.17, 15) is 23.1 Å². The molecule has 0 aliphatic heterocycles. The topological polar surface area (TPSA) is 63.3 Å². The zero-order valence-corrected chi connectivity index (χ0v) is 12.4. The van der Waals surface area contributed by atoms with Crippen LogP contribution < -0.4 is 5.73 Å². The fourth-order valence-electron chi connectivity index (χ4n) is 2.08. The number of phenolic OH excluding ortho intramolecular Hbond substituents is 1. The van der Waals surface area contributed by atoms with Crippen LogP contribution in [0.2, 0.25) is 0 Å². The summed E-state index contributed by atoms with van der Waals surface area (Å²) in [4.78, 5) is 10.8. The van der Waals surface area contributed by atoms with E-state index in [0.717, 1.165) is 18.2 Å². The fourth-order valence-corrected chi connectivity index (χ4v) is 2.08. The highest BCUT2D eigenvalue weighted by Gasteiger charge is 2.30. The molecule has 0 bridgehead atoms. The van der Waals surface area contributed by atoms with Crippen molar-refractivity contribution in [1.82, 2.24) is 0 Å². The predicted molar refractivity (Wildman–Crippen MR) is 85.0 cm³/mol. The molecule has 0 heterocycles. The second-order valence-electron chi connectivity index (χ2n) is 4.96. The predicted octanol–water partition coefficient (Wildman–Crippen LogP) is 3.88. The van der Waals surface area contributed by atoms with Crippen LogP contribution in [0.5, 0.6) is 5.75 Å². The Morgan fingerprint density at radius 3 is 1.92 bits per heavy atom. The number of benzene rings is 2. The number of carbonyl (C=O) groups is 1. The molecular weight excluding hydrogens is 319 g/mol. The van der Waals surface area contributed by atoms with Gasteiger partial charge in [-0.05, 0) is 41.0 Å². The van der Waals surface area contributed by atoms with Crippen molar-refractivity contribution in [1.29, 1.82) is 0 Å². The maximum absolute atomic E-state index is 12.7. The Bertz CT molecular complexity index is 773. The maximum atomic E-state index is 12.7. The average molecular weight is 333 g/mol. The number of halogens is 3. The van der Waals surface area contributed by atoms with Crippen LogP contribution in [0.25, 0.3) is 5.57 Å². The zero-order valence-electron chi connectivity index (χ0n) is 12.4. The molecule has 6 heteroatoms. The summed E-state index contributed by atoms with van der Waals surface area (Å²) in [6, 6.07) is 10.8. The molecule has 0 aromatic heterocycles. The van der Waals surface area contributed by atoms with Gasteiger partial charge in [-0.2, -0.15) is 13.2 Å². The molecule has 124 valence electrons. The Morgan fingerprint density at radius 2 is 1.46 bits per heavy atom. The summed E-state index contributed by atoms with van der Waals surface area (Å²) in [6.07, 6.45) is -0.279. The van der Waals surface area contributed by atoms with Crippen molar-refractivity contribution in [3.8, 4) is 5.75 Å². The minimum atomic E-state index is -4.41. The number of primary amides is 1. The van der Waals surface area contributed by atoms with Gasteiger partial charge in [-0.3, -0.25) is 4.79 Å². The summed E-state index contributed by atoms with van der Waals surface area (Å²) in [6.45, 7) is 0. The number of nitrogens with two attached hydrogens (primary N) is 1. The van der Waals surface area contributed by atoms with E-state index in [1.807, 2.05) is 0 Å². The van der Waals surface area contributed by atoms with Crippen molar-refractivity contribution >= 4 is 11.5 Å². The van der Waals surface area contributed by atoms with Gasteiger partial charge < -0.3 is 10.8 Å². The van der Waals surface area contributed by atoms with Crippen LogP contribution in [0, 0.1) is 0 Å². The first kappa shape index (κ1) is 17.3. The van der Waals surface area contributed by atoms with E-state index in [-0.39, 0.29) is 5.75 Å². The van der Waals surface area contributed by atoms with Gasteiger partial charge in [0.25, 0.3) is 0 Å². The Morgan fingerprint density at radius 1 is 0.958 bits per heavy atom. The number of hydrogen-bond donors (Lipinski definition) is 2. The van der Waals surface area contributed by atoms with Crippen molar-refractivity contribution in [2.75, 3.05) is 0 Å². The molecule has 3 nitrogen and oxygen atoms in total. The van der Waals surface area contributed by atoms with Crippen LogP contribution in [0.1, 0.15) is 16.7 Å². The largest absolute Gasteiger partial charge is 0.508 e. The molecule has 0 unspecified atom stereocenters. The molecule has 0 saturated heterocycles. The number of aromatic hydroxyl groups is 1. The number of carbonyl (C=O) groups excluding carboxylic acids is 1. The fraction of sp³-hybridized carbons (Fsp3) is 0.0556. The van der Waals surface area contributed by atoms with Gasteiger partial charge in [0.05, 0.1) is 5.56 Å². The van der Waals surface area contributed by atoms with E-state index < -0.39 is 17.6 Å². The average Bonchev–Trinajstić information content (AvgIpc) is 2.52. The van der Waals surface area contributed by atoms with E-state index in [1.54, 1.807) is 18.2 Å². The lowest BCUT2D eigenvalue weighted by molar-refractivity contribution is -0.137. The Kier molecular flexibility index (Phi) is 5.08. The molecule has 0 spiro atoms. The summed E-state index contributed by atoms with van der Waals surface area (Å²) in [5.41, 5.74) is 6.07. The number of phenols is 1. The minimum Gasteiger partial charge on any atom is -0.508 e. The van der Waals surface area contributed by atoms with Crippen molar-refractivity contribution in [2.24, 2.45) is 5.73 Å². The van der Waals surface area contributed by atoms with Crippen LogP contribution in [0.15, 0.2) is 66.8 Å². The van der Waals surface area contributed by atoms with Crippen molar-refractivity contribution in [3.05, 3.63) is 83.4 Å². The summed E-state index contributed by atoms with van der Waals surface area (Å²) in [5, 5.41) is 9.36. The van der Waals surface area contributed by atoms with Crippen molar-refractivity contribution < 1.29 is 23.1 Å². The smallest absolute Gasteiger partial charge is 0.416 e. The Balaban J connectivity index is 2.46. The molecule has 3 N–H and O–H groups in total. The third-order valence-corrected chi connectivity index (χ3v) is 3.22. The van der Waals surface area contributed by atoms with Gasteiger partial charge in [-0.25, -0.2) is 0 Å². The molecule has 24 heavy (non-hydrogen) atoms. The lowest BCUT2D eigenvalue weighted by Crippen LogP contribution is -2.05. The second-order valence-corrected chi connectivity index (χ2v) is 4.96. The van der Waals surface area contributed by atoms with Crippen LogP contribution in [-0.2, 0) is 11.0 Å². The summed E-state index contributed by atoms with van der Waals surface area (Å²) >= 11 is 0. The van der Waals surface area contributed by atoms with Crippen LogP contribution >= 0.6 is 0 Å². The molecule has 0 aliphatic carbocycles. The van der Waals surface area contributed by atoms with Gasteiger partial charge in [-0.1, -0.05) is 36.4 Å². The van der Waals surface area contributed by atoms with E-state index in [4.69, 9.17) is 5.73 Å². The highest BCUT2D eigenvalue weighted by atomic mass is 19.4. The quantitative estimate of drug-likeness (QED) is 0.659. The molecule has 2 aromatic rings. The first-order chi connectivity index (χ1) is 11.3. The molecule has 0 fully saturated rings. The Hall–Kier alpha value is -3.02. The first-order valence-electron chi connectivity index (χ1n) is 6.92. The normalized spacial score (nSPS) is 12.5. The van der Waals surface area contributed by atoms with Gasteiger partial charge in [0.1, 0.15) is 5.75 Å². The summed E-state index contributed by atoms with van der Waals surface area (Å²) in [7, 11) is 0. The minimum absolute atomic E-state index is 0.0678. The SMILES string of the molecule is NC(=O)C=CC=C(c1ccc(O)cc1)c1ccc(C(F)(F)F)cc1. The number of hydrogen-bond acceptors (Lipinski definition) is 2. The molecule has 0 radical (unpaired) electrons. The third-order valence-electron chi connectivity index (χ3n) is 3.22.